The van der Waals surface area contributed by atoms with E-state index in [1.807, 2.05) is 44.2 Å². The summed E-state index contributed by atoms with van der Waals surface area (Å²) in [6.45, 7) is 5.69. The molecule has 25 heavy (non-hydrogen) atoms. The summed E-state index contributed by atoms with van der Waals surface area (Å²) in [4.78, 5) is 17.8. The van der Waals surface area contributed by atoms with Gasteiger partial charge in [-0.15, -0.1) is 0 Å². The van der Waals surface area contributed by atoms with Crippen molar-refractivity contribution in [2.24, 2.45) is 0 Å². The van der Waals surface area contributed by atoms with Crippen molar-refractivity contribution in [3.05, 3.63) is 52.7 Å². The molecule has 1 N–H and O–H groups in total. The SMILES string of the molecule is Cc1cc(C)c(NC2CCN(c3ccccc3C#N)CC2)nc1C=O. The van der Waals surface area contributed by atoms with Gasteiger partial charge in [0.25, 0.3) is 0 Å². The van der Waals surface area contributed by atoms with Crippen LogP contribution in [0, 0.1) is 25.2 Å². The molecule has 0 unspecified atom stereocenters. The molecule has 5 nitrogen and oxygen atoms in total. The number of pyridine rings is 1. The molecule has 1 saturated heterocycles. The number of aromatic nitrogens is 1. The number of hydrogen-bond acceptors (Lipinski definition) is 5. The second kappa shape index (κ2) is 7.35. The highest BCUT2D eigenvalue weighted by atomic mass is 16.1. The van der Waals surface area contributed by atoms with Gasteiger partial charge < -0.3 is 10.2 Å². The molecule has 1 aliphatic rings. The van der Waals surface area contributed by atoms with Crippen molar-refractivity contribution < 1.29 is 4.79 Å². The van der Waals surface area contributed by atoms with Crippen LogP contribution >= 0.6 is 0 Å². The molecule has 0 atom stereocenters. The first-order chi connectivity index (χ1) is 12.1. The molecule has 2 aromatic rings. The van der Waals surface area contributed by atoms with Crippen molar-refractivity contribution >= 4 is 17.8 Å². The molecule has 5 heteroatoms. The third kappa shape index (κ3) is 3.63. The number of anilines is 2. The maximum absolute atomic E-state index is 11.1. The quantitative estimate of drug-likeness (QED) is 0.867. The van der Waals surface area contributed by atoms with Gasteiger partial charge in [0.2, 0.25) is 0 Å². The maximum Gasteiger partial charge on any atom is 0.168 e. The number of aldehydes is 1. The average Bonchev–Trinajstić information content (AvgIpc) is 2.64. The summed E-state index contributed by atoms with van der Waals surface area (Å²) in [5.74, 6) is 0.795. The normalized spacial score (nSPS) is 14.8. The Bertz CT molecular complexity index is 817. The van der Waals surface area contributed by atoms with Crippen molar-refractivity contribution in [2.75, 3.05) is 23.3 Å². The molecule has 3 rings (SSSR count). The molecule has 0 bridgehead atoms. The molecular weight excluding hydrogens is 312 g/mol. The van der Waals surface area contributed by atoms with Crippen LogP contribution in [0.5, 0.6) is 0 Å². The predicted octanol–water partition coefficient (Wildman–Crippen LogP) is 3.46. The topological polar surface area (TPSA) is 69.0 Å². The van der Waals surface area contributed by atoms with Crippen LogP contribution in [0.1, 0.15) is 40.0 Å². The van der Waals surface area contributed by atoms with Crippen LogP contribution in [0.3, 0.4) is 0 Å². The van der Waals surface area contributed by atoms with E-state index in [9.17, 15) is 10.1 Å². The molecular formula is C20H22N4O. The lowest BCUT2D eigenvalue weighted by molar-refractivity contribution is 0.111. The summed E-state index contributed by atoms with van der Waals surface area (Å²) in [6.07, 6.45) is 2.73. The minimum absolute atomic E-state index is 0.318. The number of nitrogens with zero attached hydrogens (tertiary/aromatic N) is 3. The van der Waals surface area contributed by atoms with Gasteiger partial charge in [-0.3, -0.25) is 4.79 Å². The van der Waals surface area contributed by atoms with E-state index in [1.165, 1.54) is 0 Å². The van der Waals surface area contributed by atoms with E-state index in [0.29, 0.717) is 11.7 Å². The molecule has 0 radical (unpaired) electrons. The van der Waals surface area contributed by atoms with Crippen molar-refractivity contribution in [1.29, 1.82) is 5.26 Å². The van der Waals surface area contributed by atoms with E-state index >= 15 is 0 Å². The minimum Gasteiger partial charge on any atom is -0.370 e. The summed E-state index contributed by atoms with van der Waals surface area (Å²) in [7, 11) is 0. The lowest BCUT2D eigenvalue weighted by Gasteiger charge is -2.34. The Kier molecular flexibility index (Phi) is 4.99. The Morgan fingerprint density at radius 1 is 1.24 bits per heavy atom. The van der Waals surface area contributed by atoms with Gasteiger partial charge in [0.15, 0.2) is 6.29 Å². The number of carbonyl (C=O) groups excluding carboxylic acids is 1. The van der Waals surface area contributed by atoms with Crippen LogP contribution < -0.4 is 10.2 Å². The van der Waals surface area contributed by atoms with Crippen LogP contribution in [0.25, 0.3) is 0 Å². The molecule has 1 fully saturated rings. The molecule has 0 spiro atoms. The van der Waals surface area contributed by atoms with Crippen LogP contribution in [-0.4, -0.2) is 30.4 Å². The van der Waals surface area contributed by atoms with E-state index in [4.69, 9.17) is 0 Å². The summed E-state index contributed by atoms with van der Waals surface area (Å²) in [5.41, 5.74) is 4.19. The van der Waals surface area contributed by atoms with Crippen LogP contribution in [-0.2, 0) is 0 Å². The van der Waals surface area contributed by atoms with Gasteiger partial charge in [0, 0.05) is 19.1 Å². The monoisotopic (exact) mass is 334 g/mol. The lowest BCUT2D eigenvalue weighted by atomic mass is 10.0. The van der Waals surface area contributed by atoms with Gasteiger partial charge in [-0.05, 0) is 49.9 Å². The number of aryl methyl sites for hydroxylation is 2. The fourth-order valence-corrected chi connectivity index (χ4v) is 3.33. The maximum atomic E-state index is 11.1. The molecule has 1 aliphatic heterocycles. The van der Waals surface area contributed by atoms with Gasteiger partial charge in [0.1, 0.15) is 17.6 Å². The largest absolute Gasteiger partial charge is 0.370 e. The van der Waals surface area contributed by atoms with Crippen molar-refractivity contribution in [3.8, 4) is 6.07 Å². The highest BCUT2D eigenvalue weighted by Gasteiger charge is 2.22. The van der Waals surface area contributed by atoms with Crippen molar-refractivity contribution in [3.63, 3.8) is 0 Å². The van der Waals surface area contributed by atoms with Crippen LogP contribution in [0.2, 0.25) is 0 Å². The number of rotatable bonds is 4. The zero-order chi connectivity index (χ0) is 17.8. The molecule has 0 aliphatic carbocycles. The Balaban J connectivity index is 1.67. The van der Waals surface area contributed by atoms with E-state index in [1.54, 1.807) is 0 Å². The molecule has 1 aromatic heterocycles. The van der Waals surface area contributed by atoms with Gasteiger partial charge in [-0.25, -0.2) is 4.98 Å². The smallest absolute Gasteiger partial charge is 0.168 e. The average molecular weight is 334 g/mol. The first-order valence-corrected chi connectivity index (χ1v) is 8.56. The second-order valence-electron chi connectivity index (χ2n) is 6.51. The number of piperidine rings is 1. The number of nitrogens with one attached hydrogen (secondary N) is 1. The van der Waals surface area contributed by atoms with E-state index in [0.717, 1.165) is 60.4 Å². The van der Waals surface area contributed by atoms with Gasteiger partial charge in [0.05, 0.1) is 11.3 Å². The van der Waals surface area contributed by atoms with E-state index in [2.05, 4.69) is 21.3 Å². The molecule has 2 heterocycles. The van der Waals surface area contributed by atoms with E-state index < -0.39 is 0 Å². The van der Waals surface area contributed by atoms with Crippen molar-refractivity contribution in [2.45, 2.75) is 32.7 Å². The second-order valence-corrected chi connectivity index (χ2v) is 6.51. The molecule has 0 saturated carbocycles. The first-order valence-electron chi connectivity index (χ1n) is 8.56. The highest BCUT2D eigenvalue weighted by Crippen LogP contribution is 2.25. The summed E-state index contributed by atoms with van der Waals surface area (Å²) in [6, 6.07) is 12.3. The third-order valence-corrected chi connectivity index (χ3v) is 4.76. The van der Waals surface area contributed by atoms with Crippen LogP contribution in [0.4, 0.5) is 11.5 Å². The summed E-state index contributed by atoms with van der Waals surface area (Å²) >= 11 is 0. The number of benzene rings is 1. The standard InChI is InChI=1S/C20H22N4O/c1-14-11-15(2)20(23-18(14)13-25)22-17-7-9-24(10-8-17)19-6-4-3-5-16(19)12-21/h3-6,11,13,17H,7-10H2,1-2H3,(H,22,23). The molecule has 128 valence electrons. The number of carbonyl (C=O) groups is 1. The Morgan fingerprint density at radius 2 is 1.96 bits per heavy atom. The zero-order valence-corrected chi connectivity index (χ0v) is 14.6. The number of hydrogen-bond donors (Lipinski definition) is 1. The number of nitriles is 1. The van der Waals surface area contributed by atoms with Gasteiger partial charge in [-0.1, -0.05) is 18.2 Å². The summed E-state index contributed by atoms with van der Waals surface area (Å²) in [5, 5.41) is 12.8. The van der Waals surface area contributed by atoms with Crippen molar-refractivity contribution in [1.82, 2.24) is 4.98 Å². The van der Waals surface area contributed by atoms with Gasteiger partial charge >= 0.3 is 0 Å². The first kappa shape index (κ1) is 17.0. The lowest BCUT2D eigenvalue weighted by Crippen LogP contribution is -2.39. The minimum atomic E-state index is 0.318. The van der Waals surface area contributed by atoms with E-state index in [-0.39, 0.29) is 0 Å². The third-order valence-electron chi connectivity index (χ3n) is 4.76. The fourth-order valence-electron chi connectivity index (χ4n) is 3.33. The Hall–Kier alpha value is -2.87. The summed E-state index contributed by atoms with van der Waals surface area (Å²) < 4.78 is 0. The predicted molar refractivity (Wildman–Crippen MR) is 99.1 cm³/mol. The molecule has 0 amide bonds. The Morgan fingerprint density at radius 3 is 2.64 bits per heavy atom. The number of para-hydroxylation sites is 1. The zero-order valence-electron chi connectivity index (χ0n) is 14.6. The fraction of sp³-hybridized carbons (Fsp3) is 0.350. The highest BCUT2D eigenvalue weighted by molar-refractivity contribution is 5.75. The Labute approximate surface area is 148 Å². The van der Waals surface area contributed by atoms with Gasteiger partial charge in [-0.2, -0.15) is 5.26 Å². The molecule has 1 aromatic carbocycles. The van der Waals surface area contributed by atoms with Crippen LogP contribution in [0.15, 0.2) is 30.3 Å².